The molecule has 6 aliphatic rings. The SMILES string of the molecule is Nc1nc2c(nnn2[C@@H]2O[C@@H]3COP(O)(=S)O[C@H]4C[C@H](c5cnn6c(N)ccnc56)O[C@@H]4COP(=O)(S)O[C@@H]2[C@H]3F)c(=O)[nH]1.Nc1nc2c(nnn2[C@@H]2O[C@@H]3COP(O)(=S)O[C@H]4C[C@H](c5cnn6c(N)ccnc56)O[C@@H]4COP(O)(=S)O[C@@H]2[C@H]3F)c(=O)[nH]1. The molecule has 48 heteroatoms. The third-order valence-corrected chi connectivity index (χ3v) is 20.7. The summed E-state index contributed by atoms with van der Waals surface area (Å²) in [6, 6.07) is 3.16. The van der Waals surface area contributed by atoms with Crippen LogP contribution in [0, 0.1) is 0 Å². The molecule has 88 heavy (non-hydrogen) atoms. The number of hydrogen-bond donors (Lipinski definition) is 10. The Balaban J connectivity index is 0.000000162. The molecule has 6 fully saturated rings. The Hall–Kier alpha value is -5.21. The first-order valence-corrected chi connectivity index (χ1v) is 36.2. The van der Waals surface area contributed by atoms with Crippen LogP contribution in [0.4, 0.5) is 32.3 Å². The molecule has 0 radical (unpaired) electrons. The van der Waals surface area contributed by atoms with Crippen LogP contribution in [-0.2, 0) is 95.1 Å². The molecule has 8 aromatic heterocycles. The molecule has 4 bridgehead atoms. The quantitative estimate of drug-likeness (QED) is 0.0836. The van der Waals surface area contributed by atoms with Crippen molar-refractivity contribution >= 4 is 132 Å². The zero-order valence-corrected chi connectivity index (χ0v) is 51.0. The largest absolute Gasteiger partial charge is 0.386 e. The van der Waals surface area contributed by atoms with Crippen LogP contribution in [0.5, 0.6) is 0 Å². The van der Waals surface area contributed by atoms with E-state index in [1.807, 2.05) is 0 Å². The smallest absolute Gasteiger partial charge is 0.384 e. The number of H-pyrrole nitrogens is 2. The highest BCUT2D eigenvalue weighted by atomic mass is 32.7. The van der Waals surface area contributed by atoms with Crippen LogP contribution >= 0.6 is 39.2 Å². The number of nitrogen functional groups attached to an aromatic ring is 4. The molecule has 0 saturated carbocycles. The summed E-state index contributed by atoms with van der Waals surface area (Å²) in [5.41, 5.74) is 23.1. The molecule has 38 nitrogen and oxygen atoms in total. The molecule has 0 spiro atoms. The lowest BCUT2D eigenvalue weighted by Gasteiger charge is -2.27. The second-order valence-electron chi connectivity index (χ2n) is 20.0. The van der Waals surface area contributed by atoms with Crippen molar-refractivity contribution in [2.45, 2.75) is 98.7 Å². The number of nitrogens with zero attached hydrogens (tertiary/aromatic N) is 14. The third kappa shape index (κ3) is 12.0. The molecular weight excluding hydrogens is 1340 g/mol. The number of ether oxygens (including phenoxy) is 4. The maximum absolute atomic E-state index is 15.8. The Morgan fingerprint density at radius 3 is 1.44 bits per heavy atom. The topological polar surface area (TPSA) is 506 Å². The summed E-state index contributed by atoms with van der Waals surface area (Å²) in [5.74, 6) is 0.168. The monoisotopic (exact) mass is 1380 g/mol. The van der Waals surface area contributed by atoms with Crippen LogP contribution in [0.25, 0.3) is 33.6 Å². The Morgan fingerprint density at radius 1 is 0.580 bits per heavy atom. The van der Waals surface area contributed by atoms with Crippen molar-refractivity contribution in [3.8, 4) is 0 Å². The first-order chi connectivity index (χ1) is 41.8. The molecule has 14 rings (SSSR count). The maximum Gasteiger partial charge on any atom is 0.386 e. The standard InChI is InChI=1S/2C20H23FN10O9P2S2/c2*21-13-11-6-36-41(33,43)39-9-3-8(7-4-25-30-12(22)1-2-24-16(7)30)37-10(9)5-35-42(34,44)40-15(13)19(38-11)31-17-14(28-29-31)18(32)27-20(23)26-17/h2*1-2,4,8-11,13,15,19H,3,5-6,22H2,(H,33,43)(H,34,44)(H3,23,26,27,32)/t2*8-,9+,10-,11-,13+,15-,19-,41?,42?/m11/s1. The summed E-state index contributed by atoms with van der Waals surface area (Å²) in [7, 11) is 0. The summed E-state index contributed by atoms with van der Waals surface area (Å²) in [5, 5.41) is 23.7. The van der Waals surface area contributed by atoms with Crippen molar-refractivity contribution < 1.29 is 83.2 Å². The molecule has 14 heterocycles. The summed E-state index contributed by atoms with van der Waals surface area (Å²) < 4.78 is 119. The van der Waals surface area contributed by atoms with Crippen molar-refractivity contribution in [1.82, 2.24) is 79.1 Å². The number of thiol groups is 1. The van der Waals surface area contributed by atoms with Crippen LogP contribution in [0.1, 0.15) is 48.6 Å². The summed E-state index contributed by atoms with van der Waals surface area (Å²) in [6.45, 7) is -18.7. The fourth-order valence-electron chi connectivity index (χ4n) is 10.4. The van der Waals surface area contributed by atoms with Crippen molar-refractivity contribution in [2.75, 3.05) is 49.4 Å². The fraction of sp³-hybridized carbons (Fsp3) is 0.500. The minimum absolute atomic E-state index is 0.136. The number of rotatable bonds is 4. The molecule has 4 unspecified atom stereocenters. The number of anilines is 4. The molecule has 18 atom stereocenters. The number of nitrogens with two attached hydrogens (primary N) is 4. The lowest BCUT2D eigenvalue weighted by atomic mass is 10.1. The van der Waals surface area contributed by atoms with Crippen LogP contribution in [0.15, 0.2) is 46.5 Å². The van der Waals surface area contributed by atoms with E-state index in [0.29, 0.717) is 34.1 Å². The highest BCUT2D eigenvalue weighted by Crippen LogP contribution is 2.60. The van der Waals surface area contributed by atoms with E-state index in [2.05, 4.69) is 73.0 Å². The van der Waals surface area contributed by atoms with Gasteiger partial charge in [0, 0.05) is 36.4 Å². The normalized spacial score (nSPS) is 36.6. The molecule has 472 valence electrons. The van der Waals surface area contributed by atoms with Gasteiger partial charge in [-0.2, -0.15) is 38.6 Å². The van der Waals surface area contributed by atoms with Crippen molar-refractivity contribution in [3.63, 3.8) is 0 Å². The van der Waals surface area contributed by atoms with Gasteiger partial charge in [0.25, 0.3) is 11.1 Å². The predicted molar refractivity (Wildman–Crippen MR) is 307 cm³/mol. The fourth-order valence-corrected chi connectivity index (χ4v) is 16.2. The molecule has 13 N–H and O–H groups in total. The van der Waals surface area contributed by atoms with Gasteiger partial charge in [0.1, 0.15) is 48.3 Å². The Morgan fingerprint density at radius 2 is 0.989 bits per heavy atom. The zero-order chi connectivity index (χ0) is 61.9. The number of hydrogen-bond acceptors (Lipinski definition) is 32. The van der Waals surface area contributed by atoms with E-state index in [1.54, 1.807) is 12.1 Å². The molecule has 6 aliphatic heterocycles. The van der Waals surface area contributed by atoms with Gasteiger partial charge in [-0.15, -0.1) is 10.2 Å². The van der Waals surface area contributed by atoms with Gasteiger partial charge >= 0.3 is 27.0 Å². The molecule has 0 amide bonds. The van der Waals surface area contributed by atoms with E-state index in [0.717, 1.165) is 9.36 Å². The summed E-state index contributed by atoms with van der Waals surface area (Å²) in [6.07, 6.45) is -12.0. The predicted octanol–water partition coefficient (Wildman–Crippen LogP) is 0.298. The van der Waals surface area contributed by atoms with Gasteiger partial charge < -0.3 is 79.2 Å². The van der Waals surface area contributed by atoms with Crippen molar-refractivity contribution in [1.29, 1.82) is 0 Å². The Kier molecular flexibility index (Phi) is 16.4. The first kappa shape index (κ1) is 61.6. The summed E-state index contributed by atoms with van der Waals surface area (Å²) in [4.78, 5) is 78.6. The van der Waals surface area contributed by atoms with Crippen LogP contribution in [0.3, 0.4) is 0 Å². The van der Waals surface area contributed by atoms with Gasteiger partial charge in [-0.25, -0.2) is 23.3 Å². The van der Waals surface area contributed by atoms with E-state index in [-0.39, 0.29) is 47.1 Å². The number of alkyl halides is 2. The van der Waals surface area contributed by atoms with E-state index < -0.39 is 150 Å². The molecule has 0 aliphatic carbocycles. The second kappa shape index (κ2) is 23.5. The number of aromatic nitrogens is 16. The molecular formula is C40H46F2N20O18P4S4. The van der Waals surface area contributed by atoms with E-state index in [9.17, 15) is 28.8 Å². The van der Waals surface area contributed by atoms with E-state index in [1.165, 1.54) is 33.8 Å². The van der Waals surface area contributed by atoms with Crippen LogP contribution in [0.2, 0.25) is 0 Å². The molecule has 6 saturated heterocycles. The van der Waals surface area contributed by atoms with Gasteiger partial charge in [-0.1, -0.05) is 22.7 Å². The van der Waals surface area contributed by atoms with Gasteiger partial charge in [-0.05, 0) is 47.6 Å². The molecule has 0 aromatic carbocycles. The number of nitrogens with one attached hydrogen (secondary N) is 2. The first-order valence-electron chi connectivity index (χ1n) is 25.7. The van der Waals surface area contributed by atoms with Crippen molar-refractivity contribution in [2.24, 2.45) is 0 Å². The number of fused-ring (bicyclic) bond motifs is 10. The van der Waals surface area contributed by atoms with Gasteiger partial charge in [0.05, 0.1) is 63.2 Å². The van der Waals surface area contributed by atoms with Gasteiger partial charge in [0.2, 0.25) is 11.9 Å². The average Bonchev–Trinajstić information content (AvgIpc) is 2.42. The Labute approximate surface area is 508 Å². The molecule has 8 aromatic rings. The minimum atomic E-state index is -4.36. The number of halogens is 2. The second-order valence-corrected chi connectivity index (χ2v) is 31.3. The average molecular weight is 1390 g/mol. The minimum Gasteiger partial charge on any atom is -0.384 e. The van der Waals surface area contributed by atoms with Crippen molar-refractivity contribution in [3.05, 3.63) is 68.8 Å². The van der Waals surface area contributed by atoms with Gasteiger partial charge in [0.15, 0.2) is 58.4 Å². The highest BCUT2D eigenvalue weighted by molar-refractivity contribution is 8.44. The van der Waals surface area contributed by atoms with Crippen LogP contribution < -0.4 is 34.1 Å². The van der Waals surface area contributed by atoms with Gasteiger partial charge in [-0.3, -0.25) is 33.1 Å². The Bertz CT molecular complexity index is 4090. The lowest BCUT2D eigenvalue weighted by Crippen LogP contribution is -2.32. The maximum atomic E-state index is 15.8. The van der Waals surface area contributed by atoms with E-state index >= 15 is 8.78 Å². The third-order valence-electron chi connectivity index (χ3n) is 14.4. The lowest BCUT2D eigenvalue weighted by molar-refractivity contribution is -0.0605. The van der Waals surface area contributed by atoms with Crippen LogP contribution in [-0.4, -0.2) is 181 Å². The van der Waals surface area contributed by atoms with E-state index in [4.69, 9.17) is 113 Å². The highest BCUT2D eigenvalue weighted by Gasteiger charge is 2.55. The number of aromatic amines is 2. The zero-order valence-electron chi connectivity index (χ0n) is 44.0. The summed E-state index contributed by atoms with van der Waals surface area (Å²) >= 11 is 19.7.